The lowest BCUT2D eigenvalue weighted by Crippen LogP contribution is -2.30. The van der Waals surface area contributed by atoms with E-state index in [0.29, 0.717) is 16.6 Å². The number of rotatable bonds is 5. The number of halogens is 2. The van der Waals surface area contributed by atoms with Crippen LogP contribution >= 0.6 is 23.2 Å². The Balaban J connectivity index is 2.03. The summed E-state index contributed by atoms with van der Waals surface area (Å²) in [6.45, 7) is 0.321. The van der Waals surface area contributed by atoms with Crippen LogP contribution in [0.25, 0.3) is 0 Å². The second-order valence-corrected chi connectivity index (χ2v) is 5.32. The summed E-state index contributed by atoms with van der Waals surface area (Å²) in [4.78, 5) is 12.2. The van der Waals surface area contributed by atoms with Crippen molar-refractivity contribution in [1.29, 1.82) is 0 Å². The minimum absolute atomic E-state index is 0.213. The van der Waals surface area contributed by atoms with Gasteiger partial charge in [-0.05, 0) is 23.3 Å². The lowest BCUT2D eigenvalue weighted by atomic mass is 10.1. The summed E-state index contributed by atoms with van der Waals surface area (Å²) >= 11 is 11.9. The van der Waals surface area contributed by atoms with Crippen LogP contribution in [0.2, 0.25) is 10.0 Å². The third-order valence-corrected chi connectivity index (χ3v) is 3.63. The Kier molecular flexibility index (Phi) is 5.62. The molecule has 2 aromatic rings. The maximum Gasteiger partial charge on any atom is 0.254 e. The number of hydrogen-bond acceptors (Lipinski definition) is 2. The molecule has 2 rings (SSSR count). The van der Waals surface area contributed by atoms with Crippen molar-refractivity contribution >= 4 is 29.1 Å². The molecular weight excluding hydrogens is 309 g/mol. The maximum absolute atomic E-state index is 12.2. The zero-order valence-electron chi connectivity index (χ0n) is 11.5. The highest BCUT2D eigenvalue weighted by molar-refractivity contribution is 6.35. The lowest BCUT2D eigenvalue weighted by Gasteiger charge is -2.16. The van der Waals surface area contributed by atoms with Crippen LogP contribution < -0.4 is 5.32 Å². The summed E-state index contributed by atoms with van der Waals surface area (Å²) < 4.78 is 5.27. The third-order valence-electron chi connectivity index (χ3n) is 3.04. The van der Waals surface area contributed by atoms with Gasteiger partial charge in [-0.15, -0.1) is 0 Å². The van der Waals surface area contributed by atoms with Crippen LogP contribution in [0.15, 0.2) is 48.5 Å². The second-order valence-electron chi connectivity index (χ2n) is 4.48. The largest absolute Gasteiger partial charge is 0.367 e. The van der Waals surface area contributed by atoms with Crippen molar-refractivity contribution in [2.75, 3.05) is 7.11 Å². The van der Waals surface area contributed by atoms with E-state index in [1.165, 1.54) is 7.11 Å². The molecule has 1 amide bonds. The van der Waals surface area contributed by atoms with Crippen LogP contribution in [0.5, 0.6) is 0 Å². The quantitative estimate of drug-likeness (QED) is 0.903. The summed E-state index contributed by atoms with van der Waals surface area (Å²) in [5.74, 6) is -0.213. The maximum atomic E-state index is 12.2. The number of ether oxygens (including phenoxy) is 1. The molecule has 0 aliphatic heterocycles. The van der Waals surface area contributed by atoms with Crippen molar-refractivity contribution in [2.24, 2.45) is 0 Å². The topological polar surface area (TPSA) is 38.3 Å². The molecule has 0 saturated carbocycles. The molecule has 0 aromatic heterocycles. The highest BCUT2D eigenvalue weighted by Crippen LogP contribution is 2.21. The number of methoxy groups -OCH3 is 1. The number of amides is 1. The fourth-order valence-corrected chi connectivity index (χ4v) is 2.44. The van der Waals surface area contributed by atoms with Crippen molar-refractivity contribution in [1.82, 2.24) is 5.32 Å². The zero-order chi connectivity index (χ0) is 15.2. The van der Waals surface area contributed by atoms with Gasteiger partial charge in [-0.3, -0.25) is 4.79 Å². The Morgan fingerprint density at radius 1 is 1.19 bits per heavy atom. The van der Waals surface area contributed by atoms with Gasteiger partial charge < -0.3 is 10.1 Å². The molecule has 1 N–H and O–H groups in total. The van der Waals surface area contributed by atoms with Crippen LogP contribution in [0.1, 0.15) is 17.2 Å². The van der Waals surface area contributed by atoms with Gasteiger partial charge >= 0.3 is 0 Å². The monoisotopic (exact) mass is 323 g/mol. The van der Waals surface area contributed by atoms with E-state index < -0.39 is 6.10 Å². The second kappa shape index (κ2) is 7.46. The summed E-state index contributed by atoms with van der Waals surface area (Å²) in [5, 5.41) is 3.91. The van der Waals surface area contributed by atoms with Crippen LogP contribution in [0.4, 0.5) is 0 Å². The van der Waals surface area contributed by atoms with Crippen LogP contribution in [0.3, 0.4) is 0 Å². The van der Waals surface area contributed by atoms with E-state index in [1.807, 2.05) is 30.3 Å². The van der Waals surface area contributed by atoms with Crippen LogP contribution in [-0.4, -0.2) is 13.0 Å². The molecule has 0 spiro atoms. The van der Waals surface area contributed by atoms with Gasteiger partial charge in [-0.25, -0.2) is 0 Å². The van der Waals surface area contributed by atoms with E-state index in [9.17, 15) is 4.79 Å². The molecular formula is C16H15Cl2NO2. The highest BCUT2D eigenvalue weighted by atomic mass is 35.5. The molecule has 2 aromatic carbocycles. The van der Waals surface area contributed by atoms with Crippen molar-refractivity contribution in [3.63, 3.8) is 0 Å². The number of carbonyl (C=O) groups excluding carboxylic acids is 1. The van der Waals surface area contributed by atoms with Crippen molar-refractivity contribution in [2.45, 2.75) is 12.6 Å². The number of benzene rings is 2. The third kappa shape index (κ3) is 4.21. The Morgan fingerprint density at radius 2 is 1.90 bits per heavy atom. The molecule has 110 valence electrons. The van der Waals surface area contributed by atoms with Crippen molar-refractivity contribution < 1.29 is 9.53 Å². The predicted molar refractivity (Wildman–Crippen MR) is 84.5 cm³/mol. The minimum atomic E-state index is -0.641. The van der Waals surface area contributed by atoms with Gasteiger partial charge in [0.25, 0.3) is 5.91 Å². The molecule has 0 bridgehead atoms. The Bertz CT molecular complexity index is 617. The number of hydrogen-bond donors (Lipinski definition) is 1. The first-order valence-electron chi connectivity index (χ1n) is 6.41. The SMILES string of the molecule is CO[C@H](C(=O)NCc1ccc(Cl)cc1Cl)c1ccccc1. The van der Waals surface area contributed by atoms with Gasteiger partial charge in [0.1, 0.15) is 0 Å². The van der Waals surface area contributed by atoms with Crippen molar-refractivity contribution in [3.8, 4) is 0 Å². The molecule has 0 fully saturated rings. The van der Waals surface area contributed by atoms with Gasteiger partial charge in [0.2, 0.25) is 0 Å². The van der Waals surface area contributed by atoms with E-state index in [0.717, 1.165) is 11.1 Å². The Morgan fingerprint density at radius 3 is 2.52 bits per heavy atom. The fourth-order valence-electron chi connectivity index (χ4n) is 1.96. The molecule has 0 aliphatic rings. The van der Waals surface area contributed by atoms with Crippen LogP contribution in [-0.2, 0) is 16.1 Å². The van der Waals surface area contributed by atoms with Gasteiger partial charge in [0, 0.05) is 23.7 Å². The fraction of sp³-hybridized carbons (Fsp3) is 0.188. The van der Waals surface area contributed by atoms with E-state index in [1.54, 1.807) is 18.2 Å². The molecule has 5 heteroatoms. The molecule has 0 heterocycles. The molecule has 1 atom stereocenters. The summed E-state index contributed by atoms with van der Waals surface area (Å²) in [7, 11) is 1.51. The minimum Gasteiger partial charge on any atom is -0.367 e. The molecule has 21 heavy (non-hydrogen) atoms. The molecule has 0 aliphatic carbocycles. The normalized spacial score (nSPS) is 12.0. The van der Waals surface area contributed by atoms with E-state index in [2.05, 4.69) is 5.32 Å². The lowest BCUT2D eigenvalue weighted by molar-refractivity contribution is -0.131. The van der Waals surface area contributed by atoms with Gasteiger partial charge in [0.05, 0.1) is 0 Å². The number of nitrogens with one attached hydrogen (secondary N) is 1. The van der Waals surface area contributed by atoms with Crippen LogP contribution in [0, 0.1) is 0 Å². The molecule has 0 radical (unpaired) electrons. The highest BCUT2D eigenvalue weighted by Gasteiger charge is 2.19. The first-order valence-corrected chi connectivity index (χ1v) is 7.17. The smallest absolute Gasteiger partial charge is 0.254 e. The van der Waals surface area contributed by atoms with Gasteiger partial charge in [0.15, 0.2) is 6.10 Å². The summed E-state index contributed by atoms with van der Waals surface area (Å²) in [6, 6.07) is 14.5. The Labute approximate surface area is 133 Å². The predicted octanol–water partition coefficient (Wildman–Crippen LogP) is 4.00. The van der Waals surface area contributed by atoms with E-state index >= 15 is 0 Å². The average molecular weight is 324 g/mol. The van der Waals surface area contributed by atoms with E-state index in [-0.39, 0.29) is 5.91 Å². The standard InChI is InChI=1S/C16H15Cl2NO2/c1-21-15(11-5-3-2-4-6-11)16(20)19-10-12-7-8-13(17)9-14(12)18/h2-9,15H,10H2,1H3,(H,19,20)/t15-/m0/s1. The summed E-state index contributed by atoms with van der Waals surface area (Å²) in [6.07, 6.45) is -0.641. The van der Waals surface area contributed by atoms with Crippen molar-refractivity contribution in [3.05, 3.63) is 69.7 Å². The Hall–Kier alpha value is -1.55. The molecule has 0 saturated heterocycles. The molecule has 0 unspecified atom stereocenters. The first-order chi connectivity index (χ1) is 10.1. The summed E-state index contributed by atoms with van der Waals surface area (Å²) in [5.41, 5.74) is 1.61. The average Bonchev–Trinajstić information content (AvgIpc) is 2.48. The zero-order valence-corrected chi connectivity index (χ0v) is 13.0. The van der Waals surface area contributed by atoms with Gasteiger partial charge in [-0.2, -0.15) is 0 Å². The molecule has 3 nitrogen and oxygen atoms in total. The van der Waals surface area contributed by atoms with E-state index in [4.69, 9.17) is 27.9 Å². The number of carbonyl (C=O) groups is 1. The van der Waals surface area contributed by atoms with Gasteiger partial charge in [-0.1, -0.05) is 59.6 Å². The first kappa shape index (κ1) is 15.8.